The molecule has 0 aliphatic carbocycles. The largest absolute Gasteiger partial charge is 0.383 e. The molecule has 0 amide bonds. The van der Waals surface area contributed by atoms with Crippen LogP contribution in [-0.2, 0) is 17.9 Å². The molecule has 1 aromatic heterocycles. The first kappa shape index (κ1) is 15.8. The SMILES string of the molecule is COCc1ncc(CN)c(N)n1.Cl.Cl. The van der Waals surface area contributed by atoms with Crippen molar-refractivity contribution in [3.63, 3.8) is 0 Å². The van der Waals surface area contributed by atoms with Gasteiger partial charge < -0.3 is 16.2 Å². The van der Waals surface area contributed by atoms with Crippen molar-refractivity contribution in [3.8, 4) is 0 Å². The molecule has 1 rings (SSSR count). The van der Waals surface area contributed by atoms with E-state index in [1.165, 1.54) is 0 Å². The second-order valence-electron chi connectivity index (χ2n) is 2.33. The van der Waals surface area contributed by atoms with E-state index in [4.69, 9.17) is 16.2 Å². The quantitative estimate of drug-likeness (QED) is 0.804. The molecule has 0 bridgehead atoms. The summed E-state index contributed by atoms with van der Waals surface area (Å²) < 4.78 is 4.84. The number of nitrogens with zero attached hydrogens (tertiary/aromatic N) is 2. The van der Waals surface area contributed by atoms with Gasteiger partial charge in [0.05, 0.1) is 0 Å². The van der Waals surface area contributed by atoms with Gasteiger partial charge in [0.15, 0.2) is 5.82 Å². The summed E-state index contributed by atoms with van der Waals surface area (Å²) in [6.45, 7) is 0.730. The molecule has 0 aliphatic heterocycles. The van der Waals surface area contributed by atoms with Crippen LogP contribution in [0.1, 0.15) is 11.4 Å². The number of hydrogen-bond donors (Lipinski definition) is 2. The first-order chi connectivity index (χ1) is 5.77. The van der Waals surface area contributed by atoms with E-state index in [9.17, 15) is 0 Å². The van der Waals surface area contributed by atoms with Crippen LogP contribution >= 0.6 is 24.8 Å². The molecule has 14 heavy (non-hydrogen) atoms. The van der Waals surface area contributed by atoms with Gasteiger partial charge in [-0.2, -0.15) is 0 Å². The molecular formula is C7H14Cl2N4O. The molecule has 1 heterocycles. The van der Waals surface area contributed by atoms with E-state index >= 15 is 0 Å². The predicted octanol–water partition coefficient (Wildman–Crippen LogP) is 0.508. The Morgan fingerprint density at radius 1 is 1.43 bits per heavy atom. The second-order valence-corrected chi connectivity index (χ2v) is 2.33. The summed E-state index contributed by atoms with van der Waals surface area (Å²) in [5, 5.41) is 0. The van der Waals surface area contributed by atoms with Crippen LogP contribution in [0.15, 0.2) is 6.20 Å². The van der Waals surface area contributed by atoms with Gasteiger partial charge in [0.1, 0.15) is 12.4 Å². The fourth-order valence-electron chi connectivity index (χ4n) is 0.814. The molecular weight excluding hydrogens is 227 g/mol. The lowest BCUT2D eigenvalue weighted by molar-refractivity contribution is 0.178. The van der Waals surface area contributed by atoms with Crippen molar-refractivity contribution in [1.29, 1.82) is 0 Å². The minimum absolute atomic E-state index is 0. The first-order valence-electron chi connectivity index (χ1n) is 3.57. The average Bonchev–Trinajstić information content (AvgIpc) is 2.05. The monoisotopic (exact) mass is 240 g/mol. The Labute approximate surface area is 95.1 Å². The van der Waals surface area contributed by atoms with E-state index in [0.717, 1.165) is 5.56 Å². The van der Waals surface area contributed by atoms with Crippen molar-refractivity contribution in [2.24, 2.45) is 5.73 Å². The minimum Gasteiger partial charge on any atom is -0.383 e. The second kappa shape index (κ2) is 7.75. The van der Waals surface area contributed by atoms with Crippen LogP contribution in [0.25, 0.3) is 0 Å². The van der Waals surface area contributed by atoms with Gasteiger partial charge >= 0.3 is 0 Å². The van der Waals surface area contributed by atoms with Crippen molar-refractivity contribution < 1.29 is 4.74 Å². The van der Waals surface area contributed by atoms with Crippen molar-refractivity contribution >= 4 is 30.6 Å². The molecule has 7 heteroatoms. The number of nitrogen functional groups attached to an aromatic ring is 1. The van der Waals surface area contributed by atoms with E-state index in [1.54, 1.807) is 13.3 Å². The Bertz CT molecular complexity index is 272. The third-order valence-electron chi connectivity index (χ3n) is 1.44. The summed E-state index contributed by atoms with van der Waals surface area (Å²) in [6.07, 6.45) is 1.62. The molecule has 82 valence electrons. The first-order valence-corrected chi connectivity index (χ1v) is 3.57. The summed E-state index contributed by atoms with van der Waals surface area (Å²) in [5.74, 6) is 1.01. The number of rotatable bonds is 3. The van der Waals surface area contributed by atoms with E-state index in [2.05, 4.69) is 9.97 Å². The fraction of sp³-hybridized carbons (Fsp3) is 0.429. The Kier molecular flexibility index (Phi) is 8.77. The van der Waals surface area contributed by atoms with Gasteiger partial charge in [-0.1, -0.05) is 0 Å². The van der Waals surface area contributed by atoms with Crippen LogP contribution < -0.4 is 11.5 Å². The number of hydrogen-bond acceptors (Lipinski definition) is 5. The molecule has 4 N–H and O–H groups in total. The Morgan fingerprint density at radius 3 is 2.50 bits per heavy atom. The summed E-state index contributed by atoms with van der Waals surface area (Å²) in [6, 6.07) is 0. The third-order valence-corrected chi connectivity index (χ3v) is 1.44. The topological polar surface area (TPSA) is 87.0 Å². The number of aromatic nitrogens is 2. The lowest BCUT2D eigenvalue weighted by Crippen LogP contribution is -2.07. The van der Waals surface area contributed by atoms with Gasteiger partial charge in [0, 0.05) is 25.4 Å². The molecule has 0 unspecified atom stereocenters. The molecule has 0 radical (unpaired) electrons. The van der Waals surface area contributed by atoms with Crippen molar-refractivity contribution in [2.45, 2.75) is 13.2 Å². The highest BCUT2D eigenvalue weighted by molar-refractivity contribution is 5.85. The number of methoxy groups -OCH3 is 1. The third kappa shape index (κ3) is 4.06. The van der Waals surface area contributed by atoms with Gasteiger partial charge in [-0.3, -0.25) is 0 Å². The molecule has 0 aromatic carbocycles. The van der Waals surface area contributed by atoms with Crippen molar-refractivity contribution in [1.82, 2.24) is 9.97 Å². The number of ether oxygens (including phenoxy) is 1. The smallest absolute Gasteiger partial charge is 0.156 e. The summed E-state index contributed by atoms with van der Waals surface area (Å²) in [4.78, 5) is 8.00. The zero-order chi connectivity index (χ0) is 8.97. The van der Waals surface area contributed by atoms with Crippen LogP contribution in [0.3, 0.4) is 0 Å². The van der Waals surface area contributed by atoms with Crippen LogP contribution in [0, 0.1) is 0 Å². The molecule has 1 aromatic rings. The van der Waals surface area contributed by atoms with Gasteiger partial charge in [0.2, 0.25) is 0 Å². The normalized spacial score (nSPS) is 8.71. The van der Waals surface area contributed by atoms with Gasteiger partial charge in [-0.05, 0) is 0 Å². The molecule has 0 saturated carbocycles. The summed E-state index contributed by atoms with van der Waals surface area (Å²) >= 11 is 0. The highest BCUT2D eigenvalue weighted by atomic mass is 35.5. The van der Waals surface area contributed by atoms with Crippen molar-refractivity contribution in [3.05, 3.63) is 17.6 Å². The van der Waals surface area contributed by atoms with Crippen LogP contribution in [0.4, 0.5) is 5.82 Å². The van der Waals surface area contributed by atoms with Gasteiger partial charge in [0.25, 0.3) is 0 Å². The molecule has 5 nitrogen and oxygen atoms in total. The van der Waals surface area contributed by atoms with Crippen LogP contribution in [0.2, 0.25) is 0 Å². The lowest BCUT2D eigenvalue weighted by Gasteiger charge is -2.03. The Hall–Kier alpha value is -0.620. The standard InChI is InChI=1S/C7H12N4O.2ClH/c1-12-4-6-10-3-5(2-8)7(9)11-6;;/h3H,2,4,8H2,1H3,(H2,9,10,11);2*1H. The Morgan fingerprint density at radius 2 is 2.07 bits per heavy atom. The van der Waals surface area contributed by atoms with E-state index < -0.39 is 0 Å². The lowest BCUT2D eigenvalue weighted by atomic mass is 10.3. The number of halogens is 2. The van der Waals surface area contributed by atoms with Gasteiger partial charge in [-0.15, -0.1) is 24.8 Å². The number of nitrogens with two attached hydrogens (primary N) is 2. The zero-order valence-electron chi connectivity index (χ0n) is 7.77. The maximum Gasteiger partial charge on any atom is 0.156 e. The summed E-state index contributed by atoms with van der Waals surface area (Å²) in [5.41, 5.74) is 11.7. The fourth-order valence-corrected chi connectivity index (χ4v) is 0.814. The highest BCUT2D eigenvalue weighted by Gasteiger charge is 2.01. The molecule has 0 atom stereocenters. The molecule has 0 aliphatic rings. The van der Waals surface area contributed by atoms with E-state index in [-0.39, 0.29) is 24.8 Å². The zero-order valence-corrected chi connectivity index (χ0v) is 9.40. The van der Waals surface area contributed by atoms with Gasteiger partial charge in [-0.25, -0.2) is 9.97 Å². The van der Waals surface area contributed by atoms with E-state index in [0.29, 0.717) is 24.8 Å². The van der Waals surface area contributed by atoms with Crippen LogP contribution in [0.5, 0.6) is 0 Å². The minimum atomic E-state index is 0. The molecule has 0 spiro atoms. The van der Waals surface area contributed by atoms with Crippen LogP contribution in [-0.4, -0.2) is 17.1 Å². The molecule has 0 fully saturated rings. The Balaban J connectivity index is 0. The maximum absolute atomic E-state index is 5.58. The number of anilines is 1. The highest BCUT2D eigenvalue weighted by Crippen LogP contribution is 2.05. The van der Waals surface area contributed by atoms with Crippen molar-refractivity contribution in [2.75, 3.05) is 12.8 Å². The summed E-state index contributed by atoms with van der Waals surface area (Å²) in [7, 11) is 1.58. The van der Waals surface area contributed by atoms with E-state index in [1.807, 2.05) is 0 Å². The average molecular weight is 241 g/mol. The predicted molar refractivity (Wildman–Crippen MR) is 59.5 cm³/mol. The maximum atomic E-state index is 5.58. The molecule has 0 saturated heterocycles.